The van der Waals surface area contributed by atoms with Crippen LogP contribution >= 0.6 is 11.6 Å². The topological polar surface area (TPSA) is 123 Å². The summed E-state index contributed by atoms with van der Waals surface area (Å²) in [5.74, 6) is 0.558. The molecule has 0 aliphatic heterocycles. The zero-order chi connectivity index (χ0) is 13.1. The molecule has 0 aliphatic carbocycles. The van der Waals surface area contributed by atoms with E-state index in [4.69, 9.17) is 11.6 Å². The van der Waals surface area contributed by atoms with Crippen LogP contribution in [0, 0.1) is 10.1 Å². The van der Waals surface area contributed by atoms with Crippen molar-refractivity contribution in [2.75, 3.05) is 5.32 Å². The van der Waals surface area contributed by atoms with Crippen LogP contribution in [0.25, 0.3) is 0 Å². The van der Waals surface area contributed by atoms with Crippen LogP contribution in [0.4, 0.5) is 11.5 Å². The number of rotatable bonds is 4. The van der Waals surface area contributed by atoms with Gasteiger partial charge in [-0.05, 0) is 18.5 Å². The minimum absolute atomic E-state index is 0.0314. The third kappa shape index (κ3) is 2.51. The molecule has 2 rings (SSSR count). The number of nitrogens with zero attached hydrogens (tertiary/aromatic N) is 5. The maximum atomic E-state index is 10.8. The van der Waals surface area contributed by atoms with Gasteiger partial charge >= 0.3 is 5.69 Å². The SMILES string of the molecule is CC(Nc1nc(Cl)ncc1[N+](=O)[O-])c1ncn[nH]1. The highest BCUT2D eigenvalue weighted by Gasteiger charge is 2.19. The quantitative estimate of drug-likeness (QED) is 0.487. The predicted octanol–water partition coefficient (Wildman–Crippen LogP) is 1.33. The first-order chi connectivity index (χ1) is 8.58. The fourth-order valence-corrected chi connectivity index (χ4v) is 1.42. The van der Waals surface area contributed by atoms with E-state index in [2.05, 4.69) is 30.5 Å². The molecule has 0 amide bonds. The van der Waals surface area contributed by atoms with E-state index in [0.29, 0.717) is 5.82 Å². The highest BCUT2D eigenvalue weighted by atomic mass is 35.5. The van der Waals surface area contributed by atoms with E-state index in [0.717, 1.165) is 6.20 Å². The van der Waals surface area contributed by atoms with Gasteiger partial charge in [0.25, 0.3) is 0 Å². The molecule has 0 bridgehead atoms. The van der Waals surface area contributed by atoms with Crippen molar-refractivity contribution in [1.82, 2.24) is 25.1 Å². The molecule has 0 radical (unpaired) electrons. The van der Waals surface area contributed by atoms with Crippen molar-refractivity contribution in [3.8, 4) is 0 Å². The zero-order valence-corrected chi connectivity index (χ0v) is 9.92. The smallest absolute Gasteiger partial charge is 0.329 e. The average molecular weight is 270 g/mol. The molecular weight excluding hydrogens is 262 g/mol. The number of hydrogen-bond acceptors (Lipinski definition) is 7. The van der Waals surface area contributed by atoms with Crippen molar-refractivity contribution in [2.24, 2.45) is 0 Å². The summed E-state index contributed by atoms with van der Waals surface area (Å²) < 4.78 is 0. The minimum atomic E-state index is -0.591. The van der Waals surface area contributed by atoms with E-state index in [-0.39, 0.29) is 22.8 Å². The van der Waals surface area contributed by atoms with E-state index >= 15 is 0 Å². The number of halogens is 1. The van der Waals surface area contributed by atoms with E-state index in [1.165, 1.54) is 6.33 Å². The Morgan fingerprint density at radius 1 is 1.56 bits per heavy atom. The van der Waals surface area contributed by atoms with Crippen LogP contribution in [-0.2, 0) is 0 Å². The summed E-state index contributed by atoms with van der Waals surface area (Å²) in [5.41, 5.74) is -0.259. The van der Waals surface area contributed by atoms with Crippen molar-refractivity contribution in [3.63, 3.8) is 0 Å². The first-order valence-electron chi connectivity index (χ1n) is 4.86. The fourth-order valence-electron chi connectivity index (χ4n) is 1.29. The number of hydrogen-bond donors (Lipinski definition) is 2. The molecule has 2 aromatic rings. The normalized spacial score (nSPS) is 12.1. The predicted molar refractivity (Wildman–Crippen MR) is 62.1 cm³/mol. The summed E-state index contributed by atoms with van der Waals surface area (Å²) >= 11 is 5.61. The van der Waals surface area contributed by atoms with Crippen molar-refractivity contribution in [1.29, 1.82) is 0 Å². The van der Waals surface area contributed by atoms with Gasteiger partial charge in [0.2, 0.25) is 11.1 Å². The Labute approximate surface area is 106 Å². The van der Waals surface area contributed by atoms with Gasteiger partial charge < -0.3 is 5.32 Å². The maximum absolute atomic E-state index is 10.8. The molecule has 2 aromatic heterocycles. The Kier molecular flexibility index (Phi) is 3.33. The summed E-state index contributed by atoms with van der Waals surface area (Å²) in [5, 5.41) is 19.9. The van der Waals surface area contributed by atoms with Crippen molar-refractivity contribution in [2.45, 2.75) is 13.0 Å². The molecule has 0 fully saturated rings. The van der Waals surface area contributed by atoms with Gasteiger partial charge in [-0.25, -0.2) is 9.97 Å². The first kappa shape index (κ1) is 12.2. The number of aromatic amines is 1. The average Bonchev–Trinajstić information content (AvgIpc) is 2.81. The van der Waals surface area contributed by atoms with E-state index in [9.17, 15) is 10.1 Å². The zero-order valence-electron chi connectivity index (χ0n) is 9.16. The van der Waals surface area contributed by atoms with Crippen molar-refractivity contribution in [3.05, 3.63) is 33.7 Å². The molecule has 0 saturated carbocycles. The van der Waals surface area contributed by atoms with E-state index < -0.39 is 4.92 Å². The lowest BCUT2D eigenvalue weighted by Gasteiger charge is -2.11. The summed E-state index contributed by atoms with van der Waals surface area (Å²) in [4.78, 5) is 21.5. The summed E-state index contributed by atoms with van der Waals surface area (Å²) in [7, 11) is 0. The van der Waals surface area contributed by atoms with Crippen LogP contribution in [0.3, 0.4) is 0 Å². The molecule has 1 atom stereocenters. The standard InChI is InChI=1S/C8H8ClN7O2/c1-4(6-11-3-12-15-6)13-7-5(16(17)18)2-10-8(9)14-7/h2-4H,1H3,(H,10,13,14)(H,11,12,15). The Balaban J connectivity index is 2.28. The molecule has 0 saturated heterocycles. The van der Waals surface area contributed by atoms with Gasteiger partial charge in [-0.3, -0.25) is 15.2 Å². The number of nitrogens with one attached hydrogen (secondary N) is 2. The molecule has 10 heteroatoms. The second kappa shape index (κ2) is 4.92. The largest absolute Gasteiger partial charge is 0.354 e. The molecule has 0 aromatic carbocycles. The van der Waals surface area contributed by atoms with E-state index in [1.54, 1.807) is 6.92 Å². The van der Waals surface area contributed by atoms with Gasteiger partial charge in [0.15, 0.2) is 0 Å². The molecule has 9 nitrogen and oxygen atoms in total. The molecule has 2 heterocycles. The Morgan fingerprint density at radius 2 is 2.33 bits per heavy atom. The highest BCUT2D eigenvalue weighted by Crippen LogP contribution is 2.25. The van der Waals surface area contributed by atoms with Crippen LogP contribution < -0.4 is 5.32 Å². The Morgan fingerprint density at radius 3 is 2.94 bits per heavy atom. The number of anilines is 1. The van der Waals surface area contributed by atoms with Gasteiger partial charge in [-0.15, -0.1) is 0 Å². The molecule has 1 unspecified atom stereocenters. The van der Waals surface area contributed by atoms with Gasteiger partial charge in [0.05, 0.1) is 11.0 Å². The number of aromatic nitrogens is 5. The molecule has 0 aliphatic rings. The summed E-state index contributed by atoms with van der Waals surface area (Å²) in [6.07, 6.45) is 2.39. The second-order valence-corrected chi connectivity index (χ2v) is 3.70. The monoisotopic (exact) mass is 269 g/mol. The molecular formula is C8H8ClN7O2. The van der Waals surface area contributed by atoms with Gasteiger partial charge in [0.1, 0.15) is 18.3 Å². The second-order valence-electron chi connectivity index (χ2n) is 3.37. The van der Waals surface area contributed by atoms with Crippen LogP contribution in [0.15, 0.2) is 12.5 Å². The van der Waals surface area contributed by atoms with Gasteiger partial charge in [-0.1, -0.05) is 0 Å². The molecule has 94 valence electrons. The van der Waals surface area contributed by atoms with Gasteiger partial charge in [0, 0.05) is 0 Å². The van der Waals surface area contributed by atoms with Crippen molar-refractivity contribution < 1.29 is 4.92 Å². The fraction of sp³-hybridized carbons (Fsp3) is 0.250. The lowest BCUT2D eigenvalue weighted by molar-refractivity contribution is -0.384. The van der Waals surface area contributed by atoms with Crippen molar-refractivity contribution >= 4 is 23.1 Å². The number of nitro groups is 1. The van der Waals surface area contributed by atoms with E-state index in [1.807, 2.05) is 0 Å². The van der Waals surface area contributed by atoms with Gasteiger partial charge in [-0.2, -0.15) is 10.1 Å². The van der Waals surface area contributed by atoms with Crippen LogP contribution in [0.1, 0.15) is 18.8 Å². The van der Waals surface area contributed by atoms with Crippen LogP contribution in [-0.4, -0.2) is 30.1 Å². The Hall–Kier alpha value is -2.29. The lowest BCUT2D eigenvalue weighted by Crippen LogP contribution is -2.11. The molecule has 0 spiro atoms. The van der Waals surface area contributed by atoms with Crippen LogP contribution in [0.5, 0.6) is 0 Å². The summed E-state index contributed by atoms with van der Waals surface area (Å²) in [6.45, 7) is 1.75. The molecule has 18 heavy (non-hydrogen) atoms. The Bertz CT molecular complexity index is 559. The van der Waals surface area contributed by atoms with Crippen LogP contribution in [0.2, 0.25) is 5.28 Å². The lowest BCUT2D eigenvalue weighted by atomic mass is 10.3. The summed E-state index contributed by atoms with van der Waals surface area (Å²) in [6, 6.07) is -0.336. The minimum Gasteiger partial charge on any atom is -0.354 e. The highest BCUT2D eigenvalue weighted by molar-refractivity contribution is 6.28. The maximum Gasteiger partial charge on any atom is 0.329 e. The third-order valence-electron chi connectivity index (χ3n) is 2.13. The third-order valence-corrected chi connectivity index (χ3v) is 2.32. The first-order valence-corrected chi connectivity index (χ1v) is 5.24. The number of H-pyrrole nitrogens is 1. The molecule has 2 N–H and O–H groups in total.